The van der Waals surface area contributed by atoms with Crippen molar-refractivity contribution in [1.82, 2.24) is 0 Å². The van der Waals surface area contributed by atoms with E-state index in [-0.39, 0.29) is 17.3 Å². The summed E-state index contributed by atoms with van der Waals surface area (Å²) >= 11 is 0. The van der Waals surface area contributed by atoms with Crippen LogP contribution in [-0.2, 0) is 9.53 Å². The largest absolute Gasteiger partial charge is 0.493 e. The first kappa shape index (κ1) is 17.3. The highest BCUT2D eigenvalue weighted by atomic mass is 16.6. The average molecular weight is 352 g/mol. The topological polar surface area (TPSA) is 91.0 Å². The molecule has 1 aliphatic rings. The van der Waals surface area contributed by atoms with E-state index in [9.17, 15) is 14.9 Å². The Hall–Kier alpha value is -3.48. The summed E-state index contributed by atoms with van der Waals surface area (Å²) < 4.78 is 10.7. The number of hydrogen-bond donors (Lipinski definition) is 0. The van der Waals surface area contributed by atoms with Crippen LogP contribution in [0.2, 0.25) is 0 Å². The number of cyclic esters (lactones) is 1. The first-order valence-corrected chi connectivity index (χ1v) is 7.99. The lowest BCUT2D eigenvalue weighted by Crippen LogP contribution is -2.06. The van der Waals surface area contributed by atoms with Gasteiger partial charge in [0.25, 0.3) is 5.69 Å². The van der Waals surface area contributed by atoms with Gasteiger partial charge in [-0.15, -0.1) is 0 Å². The molecule has 0 amide bonds. The number of rotatable bonds is 5. The van der Waals surface area contributed by atoms with Gasteiger partial charge in [0.1, 0.15) is 5.75 Å². The summed E-state index contributed by atoms with van der Waals surface area (Å²) in [6, 6.07) is 11.8. The molecule has 2 aromatic rings. The highest BCUT2D eigenvalue weighted by Crippen LogP contribution is 2.26. The van der Waals surface area contributed by atoms with Crippen LogP contribution in [0.25, 0.3) is 6.08 Å². The molecule has 0 unspecified atom stereocenters. The Morgan fingerprint density at radius 3 is 2.77 bits per heavy atom. The average Bonchev–Trinajstić information content (AvgIpc) is 2.98. The molecule has 0 aliphatic carbocycles. The van der Waals surface area contributed by atoms with E-state index in [0.717, 1.165) is 0 Å². The Balaban J connectivity index is 1.98. The normalized spacial score (nSPS) is 14.9. The van der Waals surface area contributed by atoms with Crippen molar-refractivity contribution >= 4 is 23.6 Å². The van der Waals surface area contributed by atoms with Gasteiger partial charge in [0, 0.05) is 22.8 Å². The van der Waals surface area contributed by atoms with Crippen molar-refractivity contribution in [1.29, 1.82) is 0 Å². The van der Waals surface area contributed by atoms with Crippen molar-refractivity contribution in [3.8, 4) is 5.75 Å². The molecular weight excluding hydrogens is 336 g/mol. The standard InChI is InChI=1S/C19H16N2O5/c1-3-25-17-7-5-4-6-13(17)10-15-19(22)26-18(20-15)14-9-8-12(2)16(11-14)21(23)24/h4-11H,3H2,1-2H3. The van der Waals surface area contributed by atoms with E-state index < -0.39 is 10.9 Å². The molecule has 2 aromatic carbocycles. The fourth-order valence-electron chi connectivity index (χ4n) is 2.51. The molecule has 0 saturated carbocycles. The lowest BCUT2D eigenvalue weighted by Gasteiger charge is -2.06. The fourth-order valence-corrected chi connectivity index (χ4v) is 2.51. The minimum Gasteiger partial charge on any atom is -0.493 e. The molecule has 7 heteroatoms. The van der Waals surface area contributed by atoms with E-state index in [4.69, 9.17) is 9.47 Å². The zero-order valence-electron chi connectivity index (χ0n) is 14.3. The van der Waals surface area contributed by atoms with Gasteiger partial charge in [0.05, 0.1) is 11.5 Å². The van der Waals surface area contributed by atoms with Gasteiger partial charge < -0.3 is 9.47 Å². The maximum Gasteiger partial charge on any atom is 0.363 e. The smallest absolute Gasteiger partial charge is 0.363 e. The van der Waals surface area contributed by atoms with Gasteiger partial charge >= 0.3 is 5.97 Å². The molecule has 26 heavy (non-hydrogen) atoms. The second kappa shape index (κ2) is 7.18. The van der Waals surface area contributed by atoms with Gasteiger partial charge in [0.15, 0.2) is 5.70 Å². The number of para-hydroxylation sites is 1. The number of carbonyl (C=O) groups is 1. The first-order chi connectivity index (χ1) is 12.5. The molecule has 7 nitrogen and oxygen atoms in total. The summed E-state index contributed by atoms with van der Waals surface area (Å²) in [7, 11) is 0. The first-order valence-electron chi connectivity index (χ1n) is 7.99. The van der Waals surface area contributed by atoms with E-state index in [1.165, 1.54) is 6.07 Å². The van der Waals surface area contributed by atoms with Crippen LogP contribution >= 0.6 is 0 Å². The van der Waals surface area contributed by atoms with Crippen LogP contribution in [-0.4, -0.2) is 23.4 Å². The predicted molar refractivity (Wildman–Crippen MR) is 96.1 cm³/mol. The van der Waals surface area contributed by atoms with Gasteiger partial charge in [-0.25, -0.2) is 9.79 Å². The zero-order chi connectivity index (χ0) is 18.7. The molecular formula is C19H16N2O5. The van der Waals surface area contributed by atoms with Crippen LogP contribution in [0.5, 0.6) is 5.75 Å². The Kier molecular flexibility index (Phi) is 4.79. The Labute approximate surface area is 149 Å². The van der Waals surface area contributed by atoms with Gasteiger partial charge in [-0.1, -0.05) is 24.3 Å². The van der Waals surface area contributed by atoms with Gasteiger partial charge in [-0.05, 0) is 32.1 Å². The number of carbonyl (C=O) groups excluding carboxylic acids is 1. The summed E-state index contributed by atoms with van der Waals surface area (Å²) in [5, 5.41) is 11.1. The van der Waals surface area contributed by atoms with Crippen LogP contribution in [0.15, 0.2) is 53.2 Å². The van der Waals surface area contributed by atoms with Crippen LogP contribution in [0.1, 0.15) is 23.6 Å². The summed E-state index contributed by atoms with van der Waals surface area (Å²) in [5.41, 5.74) is 1.64. The molecule has 1 aliphatic heterocycles. The van der Waals surface area contributed by atoms with Crippen molar-refractivity contribution in [2.24, 2.45) is 4.99 Å². The van der Waals surface area contributed by atoms with Crippen molar-refractivity contribution in [2.75, 3.05) is 6.61 Å². The third-order valence-corrected chi connectivity index (χ3v) is 3.78. The number of nitrogens with zero attached hydrogens (tertiary/aromatic N) is 2. The van der Waals surface area contributed by atoms with Crippen molar-refractivity contribution in [3.63, 3.8) is 0 Å². The van der Waals surface area contributed by atoms with Crippen molar-refractivity contribution < 1.29 is 19.2 Å². The number of aliphatic imine (C=N–C) groups is 1. The summed E-state index contributed by atoms with van der Waals surface area (Å²) in [5.74, 6) is 0.0534. The number of nitro groups is 1. The molecule has 0 spiro atoms. The molecule has 3 rings (SSSR count). The SMILES string of the molecule is CCOc1ccccc1C=C1N=C(c2ccc(C)c([N+](=O)[O-])c2)OC1=O. The molecule has 0 radical (unpaired) electrons. The lowest BCUT2D eigenvalue weighted by atomic mass is 10.1. The van der Waals surface area contributed by atoms with E-state index in [2.05, 4.69) is 4.99 Å². The van der Waals surface area contributed by atoms with Crippen LogP contribution in [0.3, 0.4) is 0 Å². The quantitative estimate of drug-likeness (QED) is 0.354. The number of esters is 1. The molecule has 132 valence electrons. The third-order valence-electron chi connectivity index (χ3n) is 3.78. The molecule has 0 atom stereocenters. The zero-order valence-corrected chi connectivity index (χ0v) is 14.3. The Morgan fingerprint density at radius 1 is 1.27 bits per heavy atom. The summed E-state index contributed by atoms with van der Waals surface area (Å²) in [6.45, 7) is 4.00. The van der Waals surface area contributed by atoms with Crippen molar-refractivity contribution in [2.45, 2.75) is 13.8 Å². The number of aryl methyl sites for hydroxylation is 1. The maximum absolute atomic E-state index is 12.1. The van der Waals surface area contributed by atoms with E-state index in [1.54, 1.807) is 37.3 Å². The number of hydrogen-bond acceptors (Lipinski definition) is 6. The van der Waals surface area contributed by atoms with Crippen LogP contribution in [0, 0.1) is 17.0 Å². The Bertz CT molecular complexity index is 947. The maximum atomic E-state index is 12.1. The lowest BCUT2D eigenvalue weighted by molar-refractivity contribution is -0.385. The summed E-state index contributed by atoms with van der Waals surface area (Å²) in [4.78, 5) is 26.9. The monoisotopic (exact) mass is 352 g/mol. The molecule has 0 N–H and O–H groups in total. The van der Waals surface area contributed by atoms with E-state index >= 15 is 0 Å². The molecule has 1 heterocycles. The van der Waals surface area contributed by atoms with E-state index in [0.29, 0.717) is 29.0 Å². The van der Waals surface area contributed by atoms with Crippen LogP contribution in [0.4, 0.5) is 5.69 Å². The number of ether oxygens (including phenoxy) is 2. The fraction of sp³-hybridized carbons (Fsp3) is 0.158. The van der Waals surface area contributed by atoms with Gasteiger partial charge in [-0.2, -0.15) is 0 Å². The van der Waals surface area contributed by atoms with Gasteiger partial charge in [-0.3, -0.25) is 10.1 Å². The second-order valence-electron chi connectivity index (χ2n) is 5.57. The molecule has 0 aromatic heterocycles. The second-order valence-corrected chi connectivity index (χ2v) is 5.57. The summed E-state index contributed by atoms with van der Waals surface area (Å²) in [6.07, 6.45) is 1.57. The Morgan fingerprint density at radius 2 is 2.04 bits per heavy atom. The number of nitro benzene ring substituents is 1. The van der Waals surface area contributed by atoms with Crippen molar-refractivity contribution in [3.05, 3.63) is 75.0 Å². The highest BCUT2D eigenvalue weighted by molar-refractivity contribution is 6.13. The van der Waals surface area contributed by atoms with Gasteiger partial charge in [0.2, 0.25) is 5.90 Å². The molecule has 0 fully saturated rings. The molecule has 0 bridgehead atoms. The molecule has 0 saturated heterocycles. The van der Waals surface area contributed by atoms with Crippen LogP contribution < -0.4 is 4.74 Å². The minimum atomic E-state index is -0.616. The number of benzene rings is 2. The predicted octanol–water partition coefficient (Wildman–Crippen LogP) is 3.65. The minimum absolute atomic E-state index is 0.0400. The third kappa shape index (κ3) is 3.46. The highest BCUT2D eigenvalue weighted by Gasteiger charge is 2.26. The van der Waals surface area contributed by atoms with E-state index in [1.807, 2.05) is 19.1 Å².